The molecule has 0 saturated carbocycles. The molecule has 2 aromatic rings. The number of sulfonamides is 1. The second-order valence-electron chi connectivity index (χ2n) is 6.18. The Morgan fingerprint density at radius 1 is 1.03 bits per heavy atom. The van der Waals surface area contributed by atoms with Gasteiger partial charge in [0.25, 0.3) is 11.8 Å². The molecule has 2 rings (SSSR count). The average molecular weight is 452 g/mol. The predicted molar refractivity (Wildman–Crippen MR) is 113 cm³/mol. The Kier molecular flexibility index (Phi) is 8.22. The summed E-state index contributed by atoms with van der Waals surface area (Å²) in [7, 11) is -1.30. The van der Waals surface area contributed by atoms with Crippen molar-refractivity contribution in [1.82, 2.24) is 15.6 Å². The summed E-state index contributed by atoms with van der Waals surface area (Å²) in [6.45, 7) is 3.93. The minimum Gasteiger partial charge on any atom is -0.495 e. The van der Waals surface area contributed by atoms with Gasteiger partial charge >= 0.3 is 0 Å². The molecule has 0 aliphatic carbocycles. The number of carbonyl (C=O) groups excluding carboxylic acids is 2. The summed E-state index contributed by atoms with van der Waals surface area (Å²) in [6.07, 6.45) is -0.908. The third-order valence-corrected chi connectivity index (χ3v) is 5.54. The molecule has 2 amide bonds. The standard InChI is InChI=1S/C20H25N3O7S/c1-5-29-15-7-9-16(10-8-15)30-13(2)19(24)22-23-20(25)14-6-11-17(28-4)18(12-14)31(26,27)21-3/h6-13,21H,5H2,1-4H3,(H,22,24)(H,23,25). The number of hydrazine groups is 1. The summed E-state index contributed by atoms with van der Waals surface area (Å²) in [5, 5.41) is 0. The Balaban J connectivity index is 2.00. The van der Waals surface area contributed by atoms with Gasteiger partial charge in [0.05, 0.1) is 13.7 Å². The fraction of sp³-hybridized carbons (Fsp3) is 0.300. The SMILES string of the molecule is CCOc1ccc(OC(C)C(=O)NNC(=O)c2ccc(OC)c(S(=O)(=O)NC)c2)cc1. The molecule has 0 fully saturated rings. The van der Waals surface area contributed by atoms with E-state index < -0.39 is 27.9 Å². The smallest absolute Gasteiger partial charge is 0.279 e. The summed E-state index contributed by atoms with van der Waals surface area (Å²) in [4.78, 5) is 24.4. The Hall–Kier alpha value is -3.31. The Bertz CT molecular complexity index is 1020. The van der Waals surface area contributed by atoms with Gasteiger partial charge in [-0.1, -0.05) is 0 Å². The van der Waals surface area contributed by atoms with E-state index in [1.54, 1.807) is 24.3 Å². The predicted octanol–water partition coefficient (Wildman–Crippen LogP) is 1.23. The van der Waals surface area contributed by atoms with E-state index in [2.05, 4.69) is 15.6 Å². The number of benzene rings is 2. The van der Waals surface area contributed by atoms with Crippen molar-refractivity contribution in [2.45, 2.75) is 24.8 Å². The lowest BCUT2D eigenvalue weighted by atomic mass is 10.2. The lowest BCUT2D eigenvalue weighted by Crippen LogP contribution is -2.47. The second kappa shape index (κ2) is 10.6. The van der Waals surface area contributed by atoms with Gasteiger partial charge in [0.1, 0.15) is 22.1 Å². The summed E-state index contributed by atoms with van der Waals surface area (Å²) >= 11 is 0. The van der Waals surface area contributed by atoms with E-state index in [-0.39, 0.29) is 16.2 Å². The highest BCUT2D eigenvalue weighted by atomic mass is 32.2. The number of hydrogen-bond donors (Lipinski definition) is 3. The fourth-order valence-corrected chi connectivity index (χ4v) is 3.39. The Morgan fingerprint density at radius 2 is 1.68 bits per heavy atom. The minimum absolute atomic E-state index is 0.00927. The molecule has 2 aromatic carbocycles. The highest BCUT2D eigenvalue weighted by Crippen LogP contribution is 2.24. The number of methoxy groups -OCH3 is 1. The van der Waals surface area contributed by atoms with Crippen LogP contribution in [0.1, 0.15) is 24.2 Å². The third kappa shape index (κ3) is 6.33. The van der Waals surface area contributed by atoms with Crippen molar-refractivity contribution >= 4 is 21.8 Å². The number of nitrogens with one attached hydrogen (secondary N) is 3. The van der Waals surface area contributed by atoms with Crippen LogP contribution in [-0.2, 0) is 14.8 Å². The molecule has 1 atom stereocenters. The molecule has 168 valence electrons. The van der Waals surface area contributed by atoms with E-state index in [0.29, 0.717) is 18.1 Å². The summed E-state index contributed by atoms with van der Waals surface area (Å²) in [5.41, 5.74) is 4.49. The molecular formula is C20H25N3O7S. The molecule has 1 unspecified atom stereocenters. The van der Waals surface area contributed by atoms with Crippen molar-refractivity contribution in [1.29, 1.82) is 0 Å². The molecular weight excluding hydrogens is 426 g/mol. The van der Waals surface area contributed by atoms with Gasteiger partial charge in [-0.05, 0) is 63.4 Å². The quantitative estimate of drug-likeness (QED) is 0.489. The molecule has 0 aliphatic rings. The zero-order chi connectivity index (χ0) is 23.0. The van der Waals surface area contributed by atoms with E-state index >= 15 is 0 Å². The van der Waals surface area contributed by atoms with Gasteiger partial charge < -0.3 is 14.2 Å². The van der Waals surface area contributed by atoms with Crippen molar-refractivity contribution in [3.8, 4) is 17.2 Å². The minimum atomic E-state index is -3.85. The lowest BCUT2D eigenvalue weighted by molar-refractivity contribution is -0.128. The molecule has 31 heavy (non-hydrogen) atoms. The Labute approximate surface area is 180 Å². The first kappa shape index (κ1) is 24.0. The molecule has 10 nitrogen and oxygen atoms in total. The first-order chi connectivity index (χ1) is 14.7. The van der Waals surface area contributed by atoms with Gasteiger partial charge in [-0.3, -0.25) is 20.4 Å². The van der Waals surface area contributed by atoms with Gasteiger partial charge in [-0.25, -0.2) is 13.1 Å². The molecule has 3 N–H and O–H groups in total. The molecule has 0 spiro atoms. The maximum absolute atomic E-state index is 12.4. The van der Waals surface area contributed by atoms with Crippen LogP contribution in [0.3, 0.4) is 0 Å². The van der Waals surface area contributed by atoms with E-state index in [9.17, 15) is 18.0 Å². The molecule has 0 aliphatic heterocycles. The van der Waals surface area contributed by atoms with Crippen LogP contribution in [0, 0.1) is 0 Å². The molecule has 0 bridgehead atoms. The van der Waals surface area contributed by atoms with E-state index in [0.717, 1.165) is 6.07 Å². The fourth-order valence-electron chi connectivity index (χ4n) is 2.47. The van der Waals surface area contributed by atoms with Crippen molar-refractivity contribution in [3.63, 3.8) is 0 Å². The van der Waals surface area contributed by atoms with Gasteiger partial charge in [-0.15, -0.1) is 0 Å². The lowest BCUT2D eigenvalue weighted by Gasteiger charge is -2.16. The van der Waals surface area contributed by atoms with Crippen molar-refractivity contribution < 1.29 is 32.2 Å². The summed E-state index contributed by atoms with van der Waals surface area (Å²) in [5.74, 6) is -0.101. The van der Waals surface area contributed by atoms with Gasteiger partial charge in [0, 0.05) is 5.56 Å². The number of carbonyl (C=O) groups is 2. The van der Waals surface area contributed by atoms with Crippen LogP contribution in [0.15, 0.2) is 47.4 Å². The topological polar surface area (TPSA) is 132 Å². The number of ether oxygens (including phenoxy) is 3. The van der Waals surface area contributed by atoms with Crippen LogP contribution in [0.2, 0.25) is 0 Å². The van der Waals surface area contributed by atoms with Crippen LogP contribution >= 0.6 is 0 Å². The van der Waals surface area contributed by atoms with E-state index in [4.69, 9.17) is 14.2 Å². The monoisotopic (exact) mass is 451 g/mol. The highest BCUT2D eigenvalue weighted by Gasteiger charge is 2.21. The second-order valence-corrected chi connectivity index (χ2v) is 8.04. The normalized spacial score (nSPS) is 11.9. The average Bonchev–Trinajstić information content (AvgIpc) is 2.78. The first-order valence-corrected chi connectivity index (χ1v) is 10.8. The maximum Gasteiger partial charge on any atom is 0.279 e. The van der Waals surface area contributed by atoms with Gasteiger partial charge in [0.15, 0.2) is 6.10 Å². The zero-order valence-electron chi connectivity index (χ0n) is 17.6. The van der Waals surface area contributed by atoms with Crippen molar-refractivity contribution in [2.75, 3.05) is 20.8 Å². The van der Waals surface area contributed by atoms with Crippen LogP contribution < -0.4 is 29.8 Å². The maximum atomic E-state index is 12.4. The van der Waals surface area contributed by atoms with Crippen molar-refractivity contribution in [3.05, 3.63) is 48.0 Å². The zero-order valence-corrected chi connectivity index (χ0v) is 18.4. The van der Waals surface area contributed by atoms with Gasteiger partial charge in [0.2, 0.25) is 10.0 Å². The number of hydrogen-bond acceptors (Lipinski definition) is 7. The van der Waals surface area contributed by atoms with Crippen LogP contribution in [-0.4, -0.2) is 47.1 Å². The molecule has 0 heterocycles. The molecule has 0 saturated heterocycles. The summed E-state index contributed by atoms with van der Waals surface area (Å²) < 4.78 is 42.3. The number of amides is 2. The molecule has 0 aromatic heterocycles. The Morgan fingerprint density at radius 3 is 2.26 bits per heavy atom. The van der Waals surface area contributed by atoms with Crippen LogP contribution in [0.4, 0.5) is 0 Å². The largest absolute Gasteiger partial charge is 0.495 e. The number of rotatable bonds is 9. The highest BCUT2D eigenvalue weighted by molar-refractivity contribution is 7.89. The summed E-state index contributed by atoms with van der Waals surface area (Å²) in [6, 6.07) is 10.6. The van der Waals surface area contributed by atoms with Crippen LogP contribution in [0.25, 0.3) is 0 Å². The van der Waals surface area contributed by atoms with E-state index in [1.807, 2.05) is 6.92 Å². The third-order valence-electron chi connectivity index (χ3n) is 4.10. The van der Waals surface area contributed by atoms with Crippen LogP contribution in [0.5, 0.6) is 17.2 Å². The van der Waals surface area contributed by atoms with Gasteiger partial charge in [-0.2, -0.15) is 0 Å². The molecule has 11 heteroatoms. The van der Waals surface area contributed by atoms with Crippen molar-refractivity contribution in [2.24, 2.45) is 0 Å². The van der Waals surface area contributed by atoms with E-state index in [1.165, 1.54) is 33.2 Å². The first-order valence-electron chi connectivity index (χ1n) is 9.33. The molecule has 0 radical (unpaired) electrons.